The molecule has 1 saturated heterocycles. The molecular weight excluding hydrogens is 528 g/mol. The van der Waals surface area contributed by atoms with Crippen molar-refractivity contribution in [3.63, 3.8) is 0 Å². The van der Waals surface area contributed by atoms with Crippen molar-refractivity contribution in [1.29, 1.82) is 0 Å². The molecule has 6 nitrogen and oxygen atoms in total. The minimum absolute atomic E-state index is 0.0753. The van der Waals surface area contributed by atoms with Crippen molar-refractivity contribution in [2.45, 2.75) is 65.0 Å². The van der Waals surface area contributed by atoms with Gasteiger partial charge in [0.1, 0.15) is 8.07 Å². The Kier molecular flexibility index (Phi) is 8.45. The van der Waals surface area contributed by atoms with E-state index in [0.717, 1.165) is 48.5 Å². The quantitative estimate of drug-likeness (QED) is 0.255. The van der Waals surface area contributed by atoms with Gasteiger partial charge in [-0.05, 0) is 101 Å². The van der Waals surface area contributed by atoms with Gasteiger partial charge in [0.2, 0.25) is 0 Å². The Labute approximate surface area is 243 Å². The number of allylic oxidation sites excluding steroid dienone is 5. The molecule has 2 aromatic rings. The van der Waals surface area contributed by atoms with Crippen molar-refractivity contribution < 1.29 is 19.8 Å². The number of aliphatic imine (C=N–C) groups is 1. The summed E-state index contributed by atoms with van der Waals surface area (Å²) in [6.07, 6.45) is 14.6. The van der Waals surface area contributed by atoms with Gasteiger partial charge in [-0.15, -0.1) is 0 Å². The Balaban J connectivity index is 1.71. The summed E-state index contributed by atoms with van der Waals surface area (Å²) < 4.78 is 0. The smallest absolute Gasteiger partial charge is 0.336 e. The second-order valence-electron chi connectivity index (χ2n) is 11.8. The maximum atomic E-state index is 12.4. The molecule has 3 aliphatic rings. The van der Waals surface area contributed by atoms with Gasteiger partial charge in [-0.2, -0.15) is 0 Å². The average Bonchev–Trinajstić information content (AvgIpc) is 2.97. The fourth-order valence-electron chi connectivity index (χ4n) is 6.38. The molecule has 1 aliphatic carbocycles. The van der Waals surface area contributed by atoms with Crippen LogP contribution in [0.4, 0.5) is 5.69 Å². The van der Waals surface area contributed by atoms with Gasteiger partial charge in [-0.25, -0.2) is 9.59 Å². The summed E-state index contributed by atoms with van der Waals surface area (Å²) in [7, 11) is -2.24. The van der Waals surface area contributed by atoms with E-state index in [1.165, 1.54) is 72.8 Å². The van der Waals surface area contributed by atoms with E-state index in [9.17, 15) is 19.8 Å². The summed E-state index contributed by atoms with van der Waals surface area (Å²) in [6, 6.07) is 10.9. The first-order valence-electron chi connectivity index (χ1n) is 14.9. The van der Waals surface area contributed by atoms with E-state index in [0.29, 0.717) is 5.56 Å². The molecular formula is C34H40N2O4Si. The molecule has 214 valence electrons. The zero-order valence-electron chi connectivity index (χ0n) is 24.4. The highest BCUT2D eigenvalue weighted by molar-refractivity contribution is 6.98. The van der Waals surface area contributed by atoms with Crippen LogP contribution in [0.2, 0.25) is 13.1 Å². The number of aromatic carboxylic acids is 2. The zero-order valence-corrected chi connectivity index (χ0v) is 25.4. The number of hydrogen-bond acceptors (Lipinski definition) is 4. The molecule has 5 rings (SSSR count). The molecule has 0 atom stereocenters. The molecule has 2 N–H and O–H groups in total. The molecule has 0 aromatic heterocycles. The number of anilines is 1. The molecule has 2 heterocycles. The van der Waals surface area contributed by atoms with Crippen LogP contribution >= 0.6 is 0 Å². The minimum Gasteiger partial charge on any atom is -0.478 e. The Bertz CT molecular complexity index is 1490. The van der Waals surface area contributed by atoms with Crippen molar-refractivity contribution in [2.24, 2.45) is 4.99 Å². The lowest BCUT2D eigenvalue weighted by Gasteiger charge is -2.39. The Hall–Kier alpha value is -3.71. The van der Waals surface area contributed by atoms with E-state index in [2.05, 4.69) is 55.3 Å². The zero-order chi connectivity index (χ0) is 29.1. The number of piperidine rings is 1. The summed E-state index contributed by atoms with van der Waals surface area (Å²) in [5, 5.41) is 22.4. The molecule has 0 unspecified atom stereocenters. The lowest BCUT2D eigenvalue weighted by atomic mass is 9.86. The van der Waals surface area contributed by atoms with E-state index < -0.39 is 20.0 Å². The highest BCUT2D eigenvalue weighted by atomic mass is 28.3. The SMILES string of the molecule is CCCCCCN=C1C=CC2=C(c3cc(C(=O)O)ccc3C(=O)O)c3ccc(N4CCCCC4)cc3[Si](C)(C)C2=C1. The number of hydrogen-bond donors (Lipinski definition) is 2. The van der Waals surface area contributed by atoms with Crippen molar-refractivity contribution in [3.8, 4) is 0 Å². The molecule has 1 fully saturated rings. The molecule has 2 aromatic carbocycles. The average molecular weight is 569 g/mol. The maximum Gasteiger partial charge on any atom is 0.336 e. The normalized spacial score (nSPS) is 18.7. The predicted molar refractivity (Wildman–Crippen MR) is 170 cm³/mol. The fraction of sp³-hybridized carbons (Fsp3) is 0.382. The Morgan fingerprint density at radius 2 is 1.68 bits per heavy atom. The van der Waals surface area contributed by atoms with Crippen molar-refractivity contribution in [3.05, 3.63) is 87.6 Å². The topological polar surface area (TPSA) is 90.2 Å². The van der Waals surface area contributed by atoms with Gasteiger partial charge < -0.3 is 15.1 Å². The first-order chi connectivity index (χ1) is 19.7. The van der Waals surface area contributed by atoms with E-state index in [1.54, 1.807) is 0 Å². The van der Waals surface area contributed by atoms with Crippen LogP contribution < -0.4 is 10.1 Å². The van der Waals surface area contributed by atoms with Crippen LogP contribution in [-0.4, -0.2) is 55.6 Å². The van der Waals surface area contributed by atoms with Gasteiger partial charge in [0.05, 0.1) is 16.8 Å². The second-order valence-corrected chi connectivity index (χ2v) is 16.1. The third kappa shape index (κ3) is 5.73. The number of unbranched alkanes of at least 4 members (excludes halogenated alkanes) is 3. The van der Waals surface area contributed by atoms with Crippen LogP contribution in [0.3, 0.4) is 0 Å². The molecule has 7 heteroatoms. The highest BCUT2D eigenvalue weighted by Gasteiger charge is 2.40. The van der Waals surface area contributed by atoms with Gasteiger partial charge in [0, 0.05) is 25.3 Å². The maximum absolute atomic E-state index is 12.4. The number of carbonyl (C=O) groups is 2. The summed E-state index contributed by atoms with van der Waals surface area (Å²) in [6.45, 7) is 9.79. The highest BCUT2D eigenvalue weighted by Crippen LogP contribution is 2.43. The van der Waals surface area contributed by atoms with E-state index in [-0.39, 0.29) is 11.1 Å². The summed E-state index contributed by atoms with van der Waals surface area (Å²) >= 11 is 0. The Morgan fingerprint density at radius 3 is 2.39 bits per heavy atom. The summed E-state index contributed by atoms with van der Waals surface area (Å²) in [4.78, 5) is 31.8. The number of rotatable bonds is 9. The molecule has 0 saturated carbocycles. The van der Waals surface area contributed by atoms with Crippen LogP contribution in [0.5, 0.6) is 0 Å². The van der Waals surface area contributed by atoms with E-state index in [1.807, 2.05) is 6.08 Å². The van der Waals surface area contributed by atoms with Gasteiger partial charge in [-0.3, -0.25) is 4.99 Å². The first-order valence-corrected chi connectivity index (χ1v) is 17.9. The summed E-state index contributed by atoms with van der Waals surface area (Å²) in [5.41, 5.74) is 5.56. The monoisotopic (exact) mass is 568 g/mol. The van der Waals surface area contributed by atoms with Crippen molar-refractivity contribution in [2.75, 3.05) is 24.5 Å². The lowest BCUT2D eigenvalue weighted by Crippen LogP contribution is -2.50. The number of benzene rings is 2. The van der Waals surface area contributed by atoms with Gasteiger partial charge >= 0.3 is 11.9 Å². The Morgan fingerprint density at radius 1 is 0.902 bits per heavy atom. The van der Waals surface area contributed by atoms with Crippen LogP contribution in [0.15, 0.2) is 70.4 Å². The largest absolute Gasteiger partial charge is 0.478 e. The second kappa shape index (κ2) is 12.0. The van der Waals surface area contributed by atoms with Crippen molar-refractivity contribution >= 4 is 42.2 Å². The molecule has 0 spiro atoms. The number of nitrogens with zero attached hydrogens (tertiary/aromatic N) is 2. The van der Waals surface area contributed by atoms with Gasteiger partial charge in [0.15, 0.2) is 0 Å². The predicted octanol–water partition coefficient (Wildman–Crippen LogP) is 6.86. The third-order valence-corrected chi connectivity index (χ3v) is 12.2. The minimum atomic E-state index is -2.24. The van der Waals surface area contributed by atoms with Crippen LogP contribution in [-0.2, 0) is 0 Å². The third-order valence-electron chi connectivity index (χ3n) is 8.69. The lowest BCUT2D eigenvalue weighted by molar-refractivity contribution is 0.0681. The summed E-state index contributed by atoms with van der Waals surface area (Å²) in [5.74, 6) is -2.15. The van der Waals surface area contributed by atoms with Gasteiger partial charge in [0.25, 0.3) is 0 Å². The van der Waals surface area contributed by atoms with E-state index in [4.69, 9.17) is 4.99 Å². The van der Waals surface area contributed by atoms with Crippen LogP contribution in [0.1, 0.15) is 83.7 Å². The molecule has 0 radical (unpaired) electrons. The number of carboxylic acids is 2. The molecule has 0 amide bonds. The molecule has 0 bridgehead atoms. The van der Waals surface area contributed by atoms with Crippen LogP contribution in [0, 0.1) is 0 Å². The number of fused-ring (bicyclic) bond motifs is 2. The van der Waals surface area contributed by atoms with Gasteiger partial charge in [-0.1, -0.05) is 51.4 Å². The molecule has 41 heavy (non-hydrogen) atoms. The molecule has 2 aliphatic heterocycles. The van der Waals surface area contributed by atoms with E-state index >= 15 is 0 Å². The fourth-order valence-corrected chi connectivity index (χ4v) is 9.45. The first kappa shape index (κ1) is 28.8. The van der Waals surface area contributed by atoms with Crippen LogP contribution in [0.25, 0.3) is 5.57 Å². The van der Waals surface area contributed by atoms with Crippen molar-refractivity contribution in [1.82, 2.24) is 0 Å². The number of carboxylic acid groups (broad SMARTS) is 2. The standard InChI is InChI=1S/C34H40N2O4Si/c1-4-5-6-8-17-35-24-12-15-27-30(21-24)41(2,3)31-22-25(36-18-9-7-10-19-36)13-16-28(31)32(27)29-20-23(33(37)38)11-14-26(29)34(39)40/h11-16,20-22H,4-10,17-19H2,1-3H3,(H,37,38)(H,39,40).